The maximum atomic E-state index is 12.3. The number of hydrogen-bond acceptors (Lipinski definition) is 4. The van der Waals surface area contributed by atoms with Gasteiger partial charge in [0, 0.05) is 17.3 Å². The molecule has 0 saturated carbocycles. The van der Waals surface area contributed by atoms with Crippen LogP contribution < -0.4 is 10.6 Å². The first-order valence-corrected chi connectivity index (χ1v) is 8.60. The standard InChI is InChI=1S/C20H19ClN4O/c1-13-7-8-17(14(2)11-13)23-20(26)18-9-10-19(25-24-18)22-12-15-5-3-4-6-16(15)21/h3-11H,12H2,1-2H3,(H,22,25)(H,23,26). The van der Waals surface area contributed by atoms with Gasteiger partial charge in [-0.15, -0.1) is 10.2 Å². The molecule has 0 aliphatic rings. The lowest BCUT2D eigenvalue weighted by molar-refractivity contribution is 0.102. The number of nitrogens with zero attached hydrogens (tertiary/aromatic N) is 2. The normalized spacial score (nSPS) is 10.4. The van der Waals surface area contributed by atoms with E-state index in [1.165, 1.54) is 0 Å². The van der Waals surface area contributed by atoms with Crippen LogP contribution >= 0.6 is 11.6 Å². The van der Waals surface area contributed by atoms with E-state index in [4.69, 9.17) is 11.6 Å². The van der Waals surface area contributed by atoms with Crippen LogP contribution in [0.2, 0.25) is 5.02 Å². The summed E-state index contributed by atoms with van der Waals surface area (Å²) in [7, 11) is 0. The minimum absolute atomic E-state index is 0.258. The molecule has 3 aromatic rings. The fourth-order valence-corrected chi connectivity index (χ4v) is 2.72. The van der Waals surface area contributed by atoms with Crippen molar-refractivity contribution in [3.8, 4) is 0 Å². The van der Waals surface area contributed by atoms with Crippen LogP contribution in [0.4, 0.5) is 11.5 Å². The third-order valence-corrected chi connectivity index (χ3v) is 4.31. The van der Waals surface area contributed by atoms with Crippen molar-refractivity contribution in [1.29, 1.82) is 0 Å². The monoisotopic (exact) mass is 366 g/mol. The molecule has 2 aromatic carbocycles. The Labute approximate surface area is 157 Å². The SMILES string of the molecule is Cc1ccc(NC(=O)c2ccc(NCc3ccccc3Cl)nn2)c(C)c1. The Kier molecular flexibility index (Phi) is 5.49. The number of rotatable bonds is 5. The van der Waals surface area contributed by atoms with Gasteiger partial charge in [0.05, 0.1) is 0 Å². The smallest absolute Gasteiger partial charge is 0.276 e. The van der Waals surface area contributed by atoms with Gasteiger partial charge in [-0.1, -0.05) is 47.5 Å². The van der Waals surface area contributed by atoms with Gasteiger partial charge < -0.3 is 10.6 Å². The topological polar surface area (TPSA) is 66.9 Å². The zero-order valence-electron chi connectivity index (χ0n) is 14.6. The second-order valence-corrected chi connectivity index (χ2v) is 6.43. The highest BCUT2D eigenvalue weighted by Crippen LogP contribution is 2.18. The molecule has 0 unspecified atom stereocenters. The molecule has 26 heavy (non-hydrogen) atoms. The number of halogens is 1. The first kappa shape index (κ1) is 17.9. The summed E-state index contributed by atoms with van der Waals surface area (Å²) in [6.45, 7) is 4.50. The van der Waals surface area contributed by atoms with E-state index < -0.39 is 0 Å². The maximum Gasteiger partial charge on any atom is 0.276 e. The van der Waals surface area contributed by atoms with Crippen molar-refractivity contribution in [2.75, 3.05) is 10.6 Å². The van der Waals surface area contributed by atoms with Gasteiger partial charge in [0.15, 0.2) is 5.69 Å². The average Bonchev–Trinajstić information content (AvgIpc) is 2.64. The molecule has 1 aromatic heterocycles. The lowest BCUT2D eigenvalue weighted by atomic mass is 10.1. The molecule has 0 bridgehead atoms. The summed E-state index contributed by atoms with van der Waals surface area (Å²) in [5.41, 5.74) is 4.14. The van der Waals surface area contributed by atoms with Crippen molar-refractivity contribution < 1.29 is 4.79 Å². The zero-order valence-corrected chi connectivity index (χ0v) is 15.3. The first-order chi connectivity index (χ1) is 12.5. The average molecular weight is 367 g/mol. The predicted octanol–water partition coefficient (Wildman–Crippen LogP) is 4.61. The van der Waals surface area contributed by atoms with Gasteiger partial charge in [-0.05, 0) is 49.2 Å². The van der Waals surface area contributed by atoms with E-state index >= 15 is 0 Å². The van der Waals surface area contributed by atoms with Gasteiger partial charge in [-0.25, -0.2) is 0 Å². The van der Waals surface area contributed by atoms with Crippen molar-refractivity contribution in [1.82, 2.24) is 10.2 Å². The maximum absolute atomic E-state index is 12.3. The molecule has 5 nitrogen and oxygen atoms in total. The van der Waals surface area contributed by atoms with Crippen LogP contribution in [0, 0.1) is 13.8 Å². The van der Waals surface area contributed by atoms with E-state index in [1.54, 1.807) is 12.1 Å². The number of anilines is 2. The van der Waals surface area contributed by atoms with Crippen LogP contribution in [-0.4, -0.2) is 16.1 Å². The van der Waals surface area contributed by atoms with Gasteiger partial charge in [0.1, 0.15) is 5.82 Å². The molecule has 132 valence electrons. The number of amides is 1. The van der Waals surface area contributed by atoms with E-state index in [-0.39, 0.29) is 11.6 Å². The molecule has 0 aliphatic heterocycles. The Balaban J connectivity index is 1.63. The summed E-state index contributed by atoms with van der Waals surface area (Å²) in [5, 5.41) is 14.8. The molecule has 3 rings (SSSR count). The number of carbonyl (C=O) groups is 1. The Morgan fingerprint density at radius 1 is 1.04 bits per heavy atom. The third kappa shape index (κ3) is 4.37. The summed E-state index contributed by atoms with van der Waals surface area (Å²) in [5.74, 6) is 0.287. The molecule has 0 spiro atoms. The summed E-state index contributed by atoms with van der Waals surface area (Å²) in [6, 6.07) is 16.8. The lowest BCUT2D eigenvalue weighted by Gasteiger charge is -2.09. The molecule has 0 fully saturated rings. The predicted molar refractivity (Wildman–Crippen MR) is 105 cm³/mol. The molecular weight excluding hydrogens is 348 g/mol. The number of hydrogen-bond donors (Lipinski definition) is 2. The summed E-state index contributed by atoms with van der Waals surface area (Å²) in [4.78, 5) is 12.3. The lowest BCUT2D eigenvalue weighted by Crippen LogP contribution is -2.15. The molecule has 6 heteroatoms. The number of aromatic nitrogens is 2. The van der Waals surface area contributed by atoms with Crippen LogP contribution in [0.3, 0.4) is 0 Å². The zero-order chi connectivity index (χ0) is 18.5. The molecule has 1 heterocycles. The number of benzene rings is 2. The van der Waals surface area contributed by atoms with E-state index in [2.05, 4.69) is 20.8 Å². The molecular formula is C20H19ClN4O. The van der Waals surface area contributed by atoms with Crippen LogP contribution in [0.15, 0.2) is 54.6 Å². The largest absolute Gasteiger partial charge is 0.364 e. The fourth-order valence-electron chi connectivity index (χ4n) is 2.52. The number of nitrogens with one attached hydrogen (secondary N) is 2. The number of carbonyl (C=O) groups excluding carboxylic acids is 1. The Morgan fingerprint density at radius 3 is 2.54 bits per heavy atom. The van der Waals surface area contributed by atoms with Crippen LogP contribution in [0.25, 0.3) is 0 Å². The summed E-state index contributed by atoms with van der Waals surface area (Å²) in [6.07, 6.45) is 0. The second kappa shape index (κ2) is 7.97. The van der Waals surface area contributed by atoms with Crippen molar-refractivity contribution in [2.24, 2.45) is 0 Å². The van der Waals surface area contributed by atoms with Crippen LogP contribution in [0.1, 0.15) is 27.2 Å². The Bertz CT molecular complexity index is 925. The quantitative estimate of drug-likeness (QED) is 0.691. The highest BCUT2D eigenvalue weighted by Gasteiger charge is 2.10. The van der Waals surface area contributed by atoms with Gasteiger partial charge in [-0.3, -0.25) is 4.79 Å². The van der Waals surface area contributed by atoms with Gasteiger partial charge in [0.25, 0.3) is 5.91 Å². The van der Waals surface area contributed by atoms with Crippen LogP contribution in [0.5, 0.6) is 0 Å². The van der Waals surface area contributed by atoms with E-state index in [0.717, 1.165) is 22.4 Å². The summed E-state index contributed by atoms with van der Waals surface area (Å²) >= 11 is 6.13. The summed E-state index contributed by atoms with van der Waals surface area (Å²) < 4.78 is 0. The van der Waals surface area contributed by atoms with Crippen molar-refractivity contribution in [3.63, 3.8) is 0 Å². The highest BCUT2D eigenvalue weighted by atomic mass is 35.5. The molecule has 1 amide bonds. The Morgan fingerprint density at radius 2 is 1.85 bits per heavy atom. The van der Waals surface area contributed by atoms with Crippen LogP contribution in [-0.2, 0) is 6.54 Å². The molecule has 0 aliphatic carbocycles. The van der Waals surface area contributed by atoms with Gasteiger partial charge in [0.2, 0.25) is 0 Å². The molecule has 0 saturated heterocycles. The minimum Gasteiger partial charge on any atom is -0.364 e. The number of aryl methyl sites for hydroxylation is 2. The van der Waals surface area contributed by atoms with Crippen molar-refractivity contribution >= 4 is 29.0 Å². The molecule has 0 radical (unpaired) electrons. The van der Waals surface area contributed by atoms with E-state index in [0.29, 0.717) is 17.4 Å². The van der Waals surface area contributed by atoms with Gasteiger partial charge >= 0.3 is 0 Å². The third-order valence-electron chi connectivity index (χ3n) is 3.95. The first-order valence-electron chi connectivity index (χ1n) is 8.22. The van der Waals surface area contributed by atoms with E-state index in [9.17, 15) is 4.79 Å². The fraction of sp³-hybridized carbons (Fsp3) is 0.150. The molecule has 0 atom stereocenters. The highest BCUT2D eigenvalue weighted by molar-refractivity contribution is 6.31. The van der Waals surface area contributed by atoms with E-state index in [1.807, 2.05) is 56.3 Å². The molecule has 2 N–H and O–H groups in total. The minimum atomic E-state index is -0.290. The second-order valence-electron chi connectivity index (χ2n) is 6.02. The Hall–Kier alpha value is -2.92. The van der Waals surface area contributed by atoms with Gasteiger partial charge in [-0.2, -0.15) is 0 Å². The van der Waals surface area contributed by atoms with Crippen molar-refractivity contribution in [3.05, 3.63) is 82.0 Å². The van der Waals surface area contributed by atoms with Crippen molar-refractivity contribution in [2.45, 2.75) is 20.4 Å².